The lowest BCUT2D eigenvalue weighted by atomic mass is 10.1. The van der Waals surface area contributed by atoms with Gasteiger partial charge in [-0.05, 0) is 22.4 Å². The van der Waals surface area contributed by atoms with E-state index in [0.29, 0.717) is 16.7 Å². The third-order valence-corrected chi connectivity index (χ3v) is 3.75. The molecule has 1 atom stereocenters. The summed E-state index contributed by atoms with van der Waals surface area (Å²) in [6.07, 6.45) is 2.81. The van der Waals surface area contributed by atoms with Gasteiger partial charge in [-0.15, -0.1) is 0 Å². The highest BCUT2D eigenvalue weighted by Crippen LogP contribution is 2.23. The predicted octanol–water partition coefficient (Wildman–Crippen LogP) is 2.59. The van der Waals surface area contributed by atoms with Crippen LogP contribution in [0.4, 0.5) is 5.82 Å². The lowest BCUT2D eigenvalue weighted by molar-refractivity contribution is 0.187. The molecule has 0 spiro atoms. The van der Waals surface area contributed by atoms with Gasteiger partial charge in [0.05, 0.1) is 17.3 Å². The van der Waals surface area contributed by atoms with E-state index in [4.69, 9.17) is 16.3 Å². The van der Waals surface area contributed by atoms with E-state index in [1.165, 1.54) is 0 Å². The molecule has 0 aromatic carbocycles. The largest absolute Gasteiger partial charge is 0.381 e. The molecule has 7 heteroatoms. The molecule has 1 saturated heterocycles. The molecule has 1 N–H and O–H groups in total. The first-order valence-corrected chi connectivity index (χ1v) is 6.92. The first-order valence-electron chi connectivity index (χ1n) is 5.75. The molecule has 0 aliphatic carbocycles. The van der Waals surface area contributed by atoms with Gasteiger partial charge in [0, 0.05) is 25.1 Å². The lowest BCUT2D eigenvalue weighted by Gasteiger charge is -2.12. The predicted molar refractivity (Wildman–Crippen MR) is 73.1 cm³/mol. The van der Waals surface area contributed by atoms with Crippen molar-refractivity contribution in [3.63, 3.8) is 0 Å². The second kappa shape index (κ2) is 5.03. The van der Waals surface area contributed by atoms with Gasteiger partial charge in [-0.2, -0.15) is 9.61 Å². The van der Waals surface area contributed by atoms with Crippen molar-refractivity contribution >= 4 is 39.0 Å². The van der Waals surface area contributed by atoms with Gasteiger partial charge in [0.25, 0.3) is 0 Å². The highest BCUT2D eigenvalue weighted by Gasteiger charge is 2.16. The summed E-state index contributed by atoms with van der Waals surface area (Å²) in [5.74, 6) is 1.40. The lowest BCUT2D eigenvalue weighted by Crippen LogP contribution is -2.16. The van der Waals surface area contributed by atoms with Crippen LogP contribution in [-0.4, -0.2) is 34.4 Å². The van der Waals surface area contributed by atoms with Crippen molar-refractivity contribution in [2.75, 3.05) is 25.1 Å². The van der Waals surface area contributed by atoms with Crippen LogP contribution in [0.5, 0.6) is 0 Å². The number of hydrogen-bond acceptors (Lipinski definition) is 4. The quantitative estimate of drug-likeness (QED) is 0.878. The van der Waals surface area contributed by atoms with E-state index >= 15 is 0 Å². The molecule has 96 valence electrons. The van der Waals surface area contributed by atoms with Crippen LogP contribution < -0.4 is 5.32 Å². The summed E-state index contributed by atoms with van der Waals surface area (Å²) in [4.78, 5) is 4.23. The first-order chi connectivity index (χ1) is 8.74. The van der Waals surface area contributed by atoms with Crippen molar-refractivity contribution in [3.05, 3.63) is 21.9 Å². The minimum absolute atomic E-state index is 0.453. The Morgan fingerprint density at radius 3 is 3.28 bits per heavy atom. The number of rotatable bonds is 3. The average molecular weight is 332 g/mol. The number of nitrogens with one attached hydrogen (secondary N) is 1. The molecule has 1 aliphatic rings. The van der Waals surface area contributed by atoms with Crippen molar-refractivity contribution in [1.82, 2.24) is 14.6 Å². The Hall–Kier alpha value is -0.850. The summed E-state index contributed by atoms with van der Waals surface area (Å²) in [5, 5.41) is 8.07. The molecule has 18 heavy (non-hydrogen) atoms. The number of fused-ring (bicyclic) bond motifs is 1. The summed E-state index contributed by atoms with van der Waals surface area (Å²) in [6, 6.07) is 1.78. The molecule has 1 fully saturated rings. The molecule has 0 bridgehead atoms. The van der Waals surface area contributed by atoms with Gasteiger partial charge in [0.1, 0.15) is 11.0 Å². The molecule has 0 saturated carbocycles. The van der Waals surface area contributed by atoms with Crippen LogP contribution in [0.15, 0.2) is 16.7 Å². The van der Waals surface area contributed by atoms with Crippen molar-refractivity contribution in [3.8, 4) is 0 Å². The third-order valence-electron chi connectivity index (χ3n) is 2.99. The number of ether oxygens (including phenoxy) is 1. The fourth-order valence-corrected chi connectivity index (χ4v) is 2.56. The molecule has 5 nitrogen and oxygen atoms in total. The average Bonchev–Trinajstić information content (AvgIpc) is 2.97. The van der Waals surface area contributed by atoms with E-state index in [1.807, 2.05) is 0 Å². The van der Waals surface area contributed by atoms with Crippen molar-refractivity contribution in [2.45, 2.75) is 6.42 Å². The van der Waals surface area contributed by atoms with Gasteiger partial charge in [0.15, 0.2) is 5.65 Å². The van der Waals surface area contributed by atoms with Gasteiger partial charge < -0.3 is 10.1 Å². The number of anilines is 1. The minimum Gasteiger partial charge on any atom is -0.381 e. The zero-order chi connectivity index (χ0) is 12.5. The van der Waals surface area contributed by atoms with Gasteiger partial charge in [-0.3, -0.25) is 0 Å². The van der Waals surface area contributed by atoms with E-state index in [9.17, 15) is 0 Å². The van der Waals surface area contributed by atoms with Crippen molar-refractivity contribution < 1.29 is 4.74 Å². The second-order valence-corrected chi connectivity index (χ2v) is 5.54. The third kappa shape index (κ3) is 2.32. The van der Waals surface area contributed by atoms with Crippen LogP contribution in [0.2, 0.25) is 5.15 Å². The monoisotopic (exact) mass is 330 g/mol. The summed E-state index contributed by atoms with van der Waals surface area (Å²) < 4.78 is 7.93. The molecule has 2 aromatic heterocycles. The highest BCUT2D eigenvalue weighted by molar-refractivity contribution is 9.10. The van der Waals surface area contributed by atoms with Gasteiger partial charge >= 0.3 is 0 Å². The fourth-order valence-electron chi connectivity index (χ4n) is 2.03. The summed E-state index contributed by atoms with van der Waals surface area (Å²) in [5.41, 5.74) is 0.715. The Morgan fingerprint density at radius 2 is 2.50 bits per heavy atom. The molecule has 0 amide bonds. The van der Waals surface area contributed by atoms with E-state index in [1.54, 1.807) is 16.8 Å². The van der Waals surface area contributed by atoms with Crippen LogP contribution in [0.1, 0.15) is 6.42 Å². The van der Waals surface area contributed by atoms with Crippen molar-refractivity contribution in [1.29, 1.82) is 0 Å². The minimum atomic E-state index is 0.453. The molecule has 1 aliphatic heterocycles. The first kappa shape index (κ1) is 12.2. The number of nitrogens with zero attached hydrogens (tertiary/aromatic N) is 3. The van der Waals surface area contributed by atoms with E-state index in [0.717, 1.165) is 36.5 Å². The Balaban J connectivity index is 1.85. The SMILES string of the molecule is Clc1cc(NC[C@H]2CCOC2)n2ncc(Br)c2n1. The molecular weight excluding hydrogens is 320 g/mol. The molecule has 3 heterocycles. The topological polar surface area (TPSA) is 51.5 Å². The van der Waals surface area contributed by atoms with Gasteiger partial charge in [-0.25, -0.2) is 4.98 Å². The van der Waals surface area contributed by atoms with Crippen molar-refractivity contribution in [2.24, 2.45) is 5.92 Å². The Bertz CT molecular complexity index is 567. The second-order valence-electron chi connectivity index (χ2n) is 4.30. The van der Waals surface area contributed by atoms with Crippen LogP contribution in [0.3, 0.4) is 0 Å². The van der Waals surface area contributed by atoms with E-state index < -0.39 is 0 Å². The molecular formula is C11H12BrClN4O. The van der Waals surface area contributed by atoms with E-state index in [-0.39, 0.29) is 0 Å². The number of hydrogen-bond donors (Lipinski definition) is 1. The summed E-state index contributed by atoms with van der Waals surface area (Å²) in [7, 11) is 0. The van der Waals surface area contributed by atoms with E-state index in [2.05, 4.69) is 31.3 Å². The smallest absolute Gasteiger partial charge is 0.173 e. The Kier molecular flexibility index (Phi) is 3.41. The molecule has 0 radical (unpaired) electrons. The number of halogens is 2. The number of aromatic nitrogens is 3. The zero-order valence-electron chi connectivity index (χ0n) is 9.57. The maximum atomic E-state index is 6.01. The van der Waals surface area contributed by atoms with Crippen LogP contribution >= 0.6 is 27.5 Å². The Labute approximate surface area is 118 Å². The maximum absolute atomic E-state index is 6.01. The standard InChI is InChI=1S/C11H12BrClN4O/c12-8-5-15-17-10(3-9(13)16-11(8)17)14-4-7-1-2-18-6-7/h3,5,7,14H,1-2,4,6H2/t7-/m1/s1. The summed E-state index contributed by atoms with van der Waals surface area (Å²) >= 11 is 9.41. The normalized spacial score (nSPS) is 19.6. The molecule has 0 unspecified atom stereocenters. The van der Waals surface area contributed by atoms with Gasteiger partial charge in [0.2, 0.25) is 0 Å². The maximum Gasteiger partial charge on any atom is 0.173 e. The van der Waals surface area contributed by atoms with Crippen LogP contribution in [0.25, 0.3) is 5.65 Å². The fraction of sp³-hybridized carbons (Fsp3) is 0.455. The van der Waals surface area contributed by atoms with Crippen LogP contribution in [0, 0.1) is 5.92 Å². The molecule has 3 rings (SSSR count). The Morgan fingerprint density at radius 1 is 1.61 bits per heavy atom. The highest BCUT2D eigenvalue weighted by atomic mass is 79.9. The van der Waals surface area contributed by atoms with Gasteiger partial charge in [-0.1, -0.05) is 11.6 Å². The zero-order valence-corrected chi connectivity index (χ0v) is 11.9. The molecule has 2 aromatic rings. The summed E-state index contributed by atoms with van der Waals surface area (Å²) in [6.45, 7) is 2.52. The van der Waals surface area contributed by atoms with Crippen LogP contribution in [-0.2, 0) is 4.74 Å².